The lowest BCUT2D eigenvalue weighted by molar-refractivity contribution is -0.112. The molecular formula is C10H9NO3S. The predicted octanol–water partition coefficient (Wildman–Crippen LogP) is 1.32. The van der Waals surface area contributed by atoms with Crippen molar-refractivity contribution in [1.29, 1.82) is 0 Å². The molecule has 1 amide bonds. The average molecular weight is 223 g/mol. The number of rotatable bonds is 0. The average Bonchev–Trinajstić information content (AvgIpc) is 2.17. The van der Waals surface area contributed by atoms with E-state index in [-0.39, 0.29) is 9.80 Å². The van der Waals surface area contributed by atoms with E-state index in [4.69, 9.17) is 0 Å². The minimum atomic E-state index is -3.63. The lowest BCUT2D eigenvalue weighted by Crippen LogP contribution is -2.27. The Balaban J connectivity index is 2.78. The van der Waals surface area contributed by atoms with Crippen LogP contribution in [0.2, 0.25) is 0 Å². The number of anilines is 1. The molecule has 0 aromatic heterocycles. The van der Waals surface area contributed by atoms with Crippen LogP contribution in [0, 0.1) is 0 Å². The van der Waals surface area contributed by atoms with Gasteiger partial charge in [-0.05, 0) is 19.1 Å². The zero-order valence-electron chi connectivity index (χ0n) is 8.02. The molecule has 4 nitrogen and oxygen atoms in total. The van der Waals surface area contributed by atoms with Gasteiger partial charge in [0.15, 0.2) is 0 Å². The second kappa shape index (κ2) is 3.20. The third-order valence-corrected chi connectivity index (χ3v) is 4.14. The van der Waals surface area contributed by atoms with Crippen LogP contribution in [-0.2, 0) is 14.6 Å². The van der Waals surface area contributed by atoms with Gasteiger partial charge in [-0.25, -0.2) is 8.42 Å². The number of hydrogen-bond acceptors (Lipinski definition) is 3. The summed E-state index contributed by atoms with van der Waals surface area (Å²) in [5, 5.41) is 2.53. The molecule has 1 aromatic carbocycles. The van der Waals surface area contributed by atoms with Crippen LogP contribution in [0.1, 0.15) is 6.92 Å². The molecule has 0 unspecified atom stereocenters. The fraction of sp³-hybridized carbons (Fsp3) is 0.100. The quantitative estimate of drug-likeness (QED) is 0.674. The first-order valence-corrected chi connectivity index (χ1v) is 5.87. The van der Waals surface area contributed by atoms with Crippen molar-refractivity contribution in [2.45, 2.75) is 11.8 Å². The lowest BCUT2D eigenvalue weighted by atomic mass is 10.3. The van der Waals surface area contributed by atoms with Gasteiger partial charge in [-0.3, -0.25) is 4.79 Å². The zero-order chi connectivity index (χ0) is 11.1. The third kappa shape index (κ3) is 1.35. The van der Waals surface area contributed by atoms with Gasteiger partial charge < -0.3 is 5.32 Å². The molecule has 1 N–H and O–H groups in total. The van der Waals surface area contributed by atoms with Crippen LogP contribution in [0.3, 0.4) is 0 Å². The van der Waals surface area contributed by atoms with E-state index in [0.717, 1.165) is 0 Å². The molecule has 1 aromatic rings. The van der Waals surface area contributed by atoms with Gasteiger partial charge in [0.05, 0.1) is 10.6 Å². The van der Waals surface area contributed by atoms with Crippen LogP contribution in [0.4, 0.5) is 5.69 Å². The molecule has 0 atom stereocenters. The number of nitrogens with one attached hydrogen (secondary N) is 1. The molecule has 0 bridgehead atoms. The van der Waals surface area contributed by atoms with Crippen molar-refractivity contribution in [3.63, 3.8) is 0 Å². The van der Waals surface area contributed by atoms with Crippen molar-refractivity contribution in [2.75, 3.05) is 5.32 Å². The van der Waals surface area contributed by atoms with Crippen LogP contribution < -0.4 is 5.32 Å². The fourth-order valence-corrected chi connectivity index (χ4v) is 3.02. The van der Waals surface area contributed by atoms with Gasteiger partial charge in [-0.1, -0.05) is 18.2 Å². The summed E-state index contributed by atoms with van der Waals surface area (Å²) in [5.74, 6) is -0.573. The topological polar surface area (TPSA) is 63.2 Å². The first-order valence-electron chi connectivity index (χ1n) is 4.39. The minimum absolute atomic E-state index is 0.151. The molecule has 2 rings (SSSR count). The Labute approximate surface area is 87.5 Å². The highest BCUT2D eigenvalue weighted by atomic mass is 32.2. The first-order chi connectivity index (χ1) is 7.07. The van der Waals surface area contributed by atoms with Crippen LogP contribution >= 0.6 is 0 Å². The summed E-state index contributed by atoms with van der Waals surface area (Å²) < 4.78 is 23.8. The maximum absolute atomic E-state index is 11.9. The molecule has 0 spiro atoms. The van der Waals surface area contributed by atoms with E-state index >= 15 is 0 Å². The molecule has 5 heteroatoms. The van der Waals surface area contributed by atoms with Crippen molar-refractivity contribution in [3.05, 3.63) is 35.2 Å². The Morgan fingerprint density at radius 2 is 1.93 bits per heavy atom. The van der Waals surface area contributed by atoms with E-state index in [1.807, 2.05) is 0 Å². The number of para-hydroxylation sites is 1. The number of amides is 1. The zero-order valence-corrected chi connectivity index (χ0v) is 8.84. The molecule has 0 saturated heterocycles. The maximum Gasteiger partial charge on any atom is 0.267 e. The second-order valence-corrected chi connectivity index (χ2v) is 4.99. The number of benzene rings is 1. The number of sulfone groups is 1. The predicted molar refractivity (Wildman–Crippen MR) is 56.0 cm³/mol. The second-order valence-electron chi connectivity index (χ2n) is 3.11. The van der Waals surface area contributed by atoms with Gasteiger partial charge in [0.25, 0.3) is 5.91 Å². The Hall–Kier alpha value is -1.62. The van der Waals surface area contributed by atoms with Gasteiger partial charge in [0, 0.05) is 0 Å². The molecule has 1 heterocycles. The highest BCUT2D eigenvalue weighted by molar-refractivity contribution is 7.96. The normalized spacial score (nSPS) is 20.9. The summed E-state index contributed by atoms with van der Waals surface area (Å²) in [4.78, 5) is 11.4. The van der Waals surface area contributed by atoms with E-state index in [9.17, 15) is 13.2 Å². The summed E-state index contributed by atoms with van der Waals surface area (Å²) >= 11 is 0. The Morgan fingerprint density at radius 1 is 1.27 bits per heavy atom. The largest absolute Gasteiger partial charge is 0.320 e. The molecular weight excluding hydrogens is 214 g/mol. The van der Waals surface area contributed by atoms with Crippen molar-refractivity contribution in [3.8, 4) is 0 Å². The van der Waals surface area contributed by atoms with Gasteiger partial charge in [0.2, 0.25) is 9.84 Å². The Morgan fingerprint density at radius 3 is 2.60 bits per heavy atom. The number of carbonyl (C=O) groups excluding carboxylic acids is 1. The summed E-state index contributed by atoms with van der Waals surface area (Å²) in [7, 11) is -3.63. The first kappa shape index (κ1) is 9.92. The van der Waals surface area contributed by atoms with Gasteiger partial charge >= 0.3 is 0 Å². The molecule has 0 saturated carbocycles. The van der Waals surface area contributed by atoms with Gasteiger partial charge in [0.1, 0.15) is 4.91 Å². The van der Waals surface area contributed by atoms with Gasteiger partial charge in [-0.2, -0.15) is 0 Å². The van der Waals surface area contributed by atoms with Crippen LogP contribution in [-0.4, -0.2) is 14.3 Å². The molecule has 0 aliphatic carbocycles. The SMILES string of the molecule is C/C=C1\C(=O)Nc2ccccc2S1(=O)=O. The standard InChI is InChI=1S/C10H9NO3S/c1-2-8-10(12)11-7-5-3-4-6-9(7)15(8,13)14/h2-6H,1H3,(H,11,12)/b8-2+. The van der Waals surface area contributed by atoms with E-state index in [2.05, 4.69) is 5.32 Å². The molecule has 1 aliphatic heterocycles. The van der Waals surface area contributed by atoms with Crippen molar-refractivity contribution in [1.82, 2.24) is 0 Å². The maximum atomic E-state index is 11.9. The molecule has 15 heavy (non-hydrogen) atoms. The van der Waals surface area contributed by atoms with E-state index in [1.165, 1.54) is 19.1 Å². The highest BCUT2D eigenvalue weighted by Crippen LogP contribution is 2.31. The summed E-state index contributed by atoms with van der Waals surface area (Å²) in [6.45, 7) is 1.53. The molecule has 1 aliphatic rings. The monoisotopic (exact) mass is 223 g/mol. The van der Waals surface area contributed by atoms with Crippen LogP contribution in [0.15, 0.2) is 40.1 Å². The number of carbonyl (C=O) groups is 1. The number of fused-ring (bicyclic) bond motifs is 1. The third-order valence-electron chi connectivity index (χ3n) is 2.20. The summed E-state index contributed by atoms with van der Waals surface area (Å²) in [6, 6.07) is 6.35. The van der Waals surface area contributed by atoms with Crippen molar-refractivity contribution in [2.24, 2.45) is 0 Å². The van der Waals surface area contributed by atoms with Crippen molar-refractivity contribution < 1.29 is 13.2 Å². The van der Waals surface area contributed by atoms with E-state index < -0.39 is 15.7 Å². The van der Waals surface area contributed by atoms with E-state index in [0.29, 0.717) is 5.69 Å². The highest BCUT2D eigenvalue weighted by Gasteiger charge is 2.33. The van der Waals surface area contributed by atoms with E-state index in [1.54, 1.807) is 18.2 Å². The number of allylic oxidation sites excluding steroid dienone is 1. The molecule has 0 fully saturated rings. The minimum Gasteiger partial charge on any atom is -0.320 e. The van der Waals surface area contributed by atoms with Crippen LogP contribution in [0.25, 0.3) is 0 Å². The Bertz CT molecular complexity index is 558. The summed E-state index contributed by atoms with van der Waals surface area (Å²) in [6.07, 6.45) is 1.31. The molecule has 0 radical (unpaired) electrons. The fourth-order valence-electron chi connectivity index (χ4n) is 1.51. The smallest absolute Gasteiger partial charge is 0.267 e. The molecule has 78 valence electrons. The lowest BCUT2D eigenvalue weighted by Gasteiger charge is -2.18. The van der Waals surface area contributed by atoms with Gasteiger partial charge in [-0.15, -0.1) is 0 Å². The van der Waals surface area contributed by atoms with Crippen LogP contribution in [0.5, 0.6) is 0 Å². The summed E-state index contributed by atoms with van der Waals surface area (Å²) in [5.41, 5.74) is 0.341. The number of hydrogen-bond donors (Lipinski definition) is 1. The Kier molecular flexibility index (Phi) is 2.12. The van der Waals surface area contributed by atoms with Crippen molar-refractivity contribution >= 4 is 21.4 Å².